The second-order valence-corrected chi connectivity index (χ2v) is 6.00. The maximum Gasteiger partial charge on any atom is 0.323 e. The number of rotatable bonds is 5. The van der Waals surface area contributed by atoms with Crippen LogP contribution in [0, 0.1) is 0 Å². The molecule has 3 unspecified atom stereocenters. The summed E-state index contributed by atoms with van der Waals surface area (Å²) in [5.41, 5.74) is 4.52. The van der Waals surface area contributed by atoms with E-state index in [9.17, 15) is 4.79 Å². The SMILES string of the molecule is COC1(C)CCCN(C(C)CC(C)(N)C(=O)O)C1. The Kier molecular flexibility index (Phi) is 4.75. The maximum atomic E-state index is 11.1. The number of carbonyl (C=O) groups is 1. The zero-order chi connectivity index (χ0) is 14.0. The summed E-state index contributed by atoms with van der Waals surface area (Å²) < 4.78 is 5.55. The van der Waals surface area contributed by atoms with Crippen LogP contribution in [0.1, 0.15) is 40.0 Å². The van der Waals surface area contributed by atoms with E-state index >= 15 is 0 Å². The van der Waals surface area contributed by atoms with Crippen molar-refractivity contribution in [3.05, 3.63) is 0 Å². The van der Waals surface area contributed by atoms with Crippen LogP contribution in [0.15, 0.2) is 0 Å². The fourth-order valence-corrected chi connectivity index (χ4v) is 2.62. The predicted molar refractivity (Wildman–Crippen MR) is 70.5 cm³/mol. The van der Waals surface area contributed by atoms with Crippen LogP contribution in [0.4, 0.5) is 0 Å². The van der Waals surface area contributed by atoms with Gasteiger partial charge >= 0.3 is 5.97 Å². The quantitative estimate of drug-likeness (QED) is 0.771. The van der Waals surface area contributed by atoms with Gasteiger partial charge in [-0.3, -0.25) is 9.69 Å². The molecule has 1 heterocycles. The molecule has 5 heteroatoms. The van der Waals surface area contributed by atoms with Crippen molar-refractivity contribution >= 4 is 5.97 Å². The van der Waals surface area contributed by atoms with Gasteiger partial charge in [-0.1, -0.05) is 0 Å². The van der Waals surface area contributed by atoms with E-state index in [0.717, 1.165) is 25.9 Å². The van der Waals surface area contributed by atoms with Crippen molar-refractivity contribution in [2.75, 3.05) is 20.2 Å². The summed E-state index contributed by atoms with van der Waals surface area (Å²) >= 11 is 0. The third-order valence-electron chi connectivity index (χ3n) is 4.01. The van der Waals surface area contributed by atoms with Crippen LogP contribution in [-0.2, 0) is 9.53 Å². The van der Waals surface area contributed by atoms with Gasteiger partial charge in [-0.05, 0) is 46.6 Å². The molecule has 0 radical (unpaired) electrons. The molecule has 0 aromatic carbocycles. The van der Waals surface area contributed by atoms with Crippen molar-refractivity contribution in [2.24, 2.45) is 5.73 Å². The number of ether oxygens (including phenoxy) is 1. The van der Waals surface area contributed by atoms with Gasteiger partial charge in [0.1, 0.15) is 5.54 Å². The van der Waals surface area contributed by atoms with Gasteiger partial charge in [-0.15, -0.1) is 0 Å². The maximum absolute atomic E-state index is 11.1. The average Bonchev–Trinajstić information content (AvgIpc) is 2.28. The Hall–Kier alpha value is -0.650. The monoisotopic (exact) mass is 258 g/mol. The van der Waals surface area contributed by atoms with Crippen LogP contribution in [0.2, 0.25) is 0 Å². The van der Waals surface area contributed by atoms with E-state index in [1.165, 1.54) is 0 Å². The van der Waals surface area contributed by atoms with Crippen LogP contribution in [0.25, 0.3) is 0 Å². The van der Waals surface area contributed by atoms with E-state index in [0.29, 0.717) is 6.42 Å². The Balaban J connectivity index is 2.62. The van der Waals surface area contributed by atoms with Crippen LogP contribution in [-0.4, -0.2) is 53.4 Å². The van der Waals surface area contributed by atoms with Crippen LogP contribution < -0.4 is 5.73 Å². The van der Waals surface area contributed by atoms with Crippen molar-refractivity contribution in [3.63, 3.8) is 0 Å². The minimum Gasteiger partial charge on any atom is -0.480 e. The summed E-state index contributed by atoms with van der Waals surface area (Å²) in [6.45, 7) is 7.53. The second kappa shape index (κ2) is 5.55. The first-order valence-corrected chi connectivity index (χ1v) is 6.52. The highest BCUT2D eigenvalue weighted by Gasteiger charge is 2.36. The Labute approximate surface area is 109 Å². The third kappa shape index (κ3) is 3.67. The Morgan fingerprint density at radius 1 is 1.67 bits per heavy atom. The van der Waals surface area contributed by atoms with Crippen molar-refractivity contribution in [3.8, 4) is 0 Å². The molecule has 0 spiro atoms. The lowest BCUT2D eigenvalue weighted by atomic mass is 9.90. The smallest absolute Gasteiger partial charge is 0.323 e. The Morgan fingerprint density at radius 3 is 2.78 bits per heavy atom. The lowest BCUT2D eigenvalue weighted by molar-refractivity contribution is -0.143. The molecule has 0 bridgehead atoms. The molecule has 0 amide bonds. The normalized spacial score (nSPS) is 30.7. The average molecular weight is 258 g/mol. The lowest BCUT2D eigenvalue weighted by Crippen LogP contribution is -2.55. The molecule has 3 N–H and O–H groups in total. The fourth-order valence-electron chi connectivity index (χ4n) is 2.62. The summed E-state index contributed by atoms with van der Waals surface area (Å²) in [5.74, 6) is -0.944. The number of hydrogen-bond acceptors (Lipinski definition) is 4. The van der Waals surface area contributed by atoms with Crippen molar-refractivity contribution < 1.29 is 14.6 Å². The number of methoxy groups -OCH3 is 1. The zero-order valence-corrected chi connectivity index (χ0v) is 11.9. The van der Waals surface area contributed by atoms with Crippen LogP contribution in [0.3, 0.4) is 0 Å². The molecule has 5 nitrogen and oxygen atoms in total. The van der Waals surface area contributed by atoms with E-state index in [2.05, 4.69) is 11.8 Å². The van der Waals surface area contributed by atoms with Crippen molar-refractivity contribution in [1.82, 2.24) is 4.90 Å². The van der Waals surface area contributed by atoms with Crippen molar-refractivity contribution in [1.29, 1.82) is 0 Å². The Morgan fingerprint density at radius 2 is 2.28 bits per heavy atom. The number of carboxylic acid groups (broad SMARTS) is 1. The van der Waals surface area contributed by atoms with Crippen molar-refractivity contribution in [2.45, 2.75) is 57.2 Å². The highest BCUT2D eigenvalue weighted by molar-refractivity contribution is 5.77. The molecule has 0 aromatic rings. The number of aliphatic carboxylic acids is 1. The first-order valence-electron chi connectivity index (χ1n) is 6.52. The highest BCUT2D eigenvalue weighted by atomic mass is 16.5. The number of carboxylic acids is 1. The molecule has 0 aromatic heterocycles. The molecule has 1 saturated heterocycles. The topological polar surface area (TPSA) is 75.8 Å². The molecule has 106 valence electrons. The van der Waals surface area contributed by atoms with Gasteiger partial charge in [0.15, 0.2) is 0 Å². The molecule has 1 fully saturated rings. The van der Waals surface area contributed by atoms with E-state index in [4.69, 9.17) is 15.6 Å². The fraction of sp³-hybridized carbons (Fsp3) is 0.923. The van der Waals surface area contributed by atoms with Gasteiger partial charge in [0.2, 0.25) is 0 Å². The first kappa shape index (κ1) is 15.4. The summed E-state index contributed by atoms with van der Waals surface area (Å²) in [6, 6.07) is 0.144. The molecule has 1 aliphatic rings. The molecule has 1 rings (SSSR count). The standard InChI is InChI=1S/C13H26N2O3/c1-10(8-13(3,14)11(16)17)15-7-5-6-12(2,9-15)18-4/h10H,5-9,14H2,1-4H3,(H,16,17). The molecule has 0 saturated carbocycles. The first-order chi connectivity index (χ1) is 8.20. The highest BCUT2D eigenvalue weighted by Crippen LogP contribution is 2.27. The predicted octanol–water partition coefficient (Wildman–Crippen LogP) is 1.07. The van der Waals surface area contributed by atoms with Gasteiger partial charge in [0.05, 0.1) is 5.60 Å². The van der Waals surface area contributed by atoms with Crippen LogP contribution >= 0.6 is 0 Å². The van der Waals surface area contributed by atoms with Gasteiger partial charge in [-0.2, -0.15) is 0 Å². The molecule has 1 aliphatic heterocycles. The van der Waals surface area contributed by atoms with Gasteiger partial charge in [0, 0.05) is 19.7 Å². The van der Waals surface area contributed by atoms with E-state index in [1.54, 1.807) is 14.0 Å². The summed E-state index contributed by atoms with van der Waals surface area (Å²) in [5, 5.41) is 9.07. The van der Waals surface area contributed by atoms with E-state index in [-0.39, 0.29) is 11.6 Å². The van der Waals surface area contributed by atoms with Gasteiger partial charge in [0.25, 0.3) is 0 Å². The number of piperidine rings is 1. The molecular weight excluding hydrogens is 232 g/mol. The summed E-state index contributed by atoms with van der Waals surface area (Å²) in [4.78, 5) is 13.3. The minimum absolute atomic E-state index is 0.124. The van der Waals surface area contributed by atoms with Gasteiger partial charge in [-0.25, -0.2) is 0 Å². The number of hydrogen-bond donors (Lipinski definition) is 2. The minimum atomic E-state index is -1.17. The molecule has 18 heavy (non-hydrogen) atoms. The summed E-state index contributed by atoms with van der Waals surface area (Å²) in [7, 11) is 1.73. The number of nitrogens with two attached hydrogens (primary N) is 1. The second-order valence-electron chi connectivity index (χ2n) is 6.00. The van der Waals surface area contributed by atoms with Crippen LogP contribution in [0.5, 0.6) is 0 Å². The van der Waals surface area contributed by atoms with E-state index in [1.807, 2.05) is 6.92 Å². The molecule has 0 aliphatic carbocycles. The summed E-state index contributed by atoms with van der Waals surface area (Å²) in [6.07, 6.45) is 2.57. The number of nitrogens with zero attached hydrogens (tertiary/aromatic N) is 1. The lowest BCUT2D eigenvalue weighted by Gasteiger charge is -2.43. The molecule has 3 atom stereocenters. The molecular formula is C13H26N2O3. The zero-order valence-electron chi connectivity index (χ0n) is 11.9. The largest absolute Gasteiger partial charge is 0.480 e. The van der Waals surface area contributed by atoms with E-state index < -0.39 is 11.5 Å². The van der Waals surface area contributed by atoms with Gasteiger partial charge < -0.3 is 15.6 Å². The third-order valence-corrected chi connectivity index (χ3v) is 4.01. The Bertz CT molecular complexity index is 307. The number of likely N-dealkylation sites (tertiary alicyclic amines) is 1.